The summed E-state index contributed by atoms with van der Waals surface area (Å²) in [5.41, 5.74) is -1.74. The lowest BCUT2D eigenvalue weighted by Crippen LogP contribution is -2.50. The molecule has 13 heavy (non-hydrogen) atoms. The minimum atomic E-state index is -1.74. The third-order valence-electron chi connectivity index (χ3n) is 2.60. The van der Waals surface area contributed by atoms with Crippen molar-refractivity contribution in [1.29, 1.82) is 0 Å². The summed E-state index contributed by atoms with van der Waals surface area (Å²) in [7, 11) is 1.18. The fraction of sp³-hybridized carbons (Fsp3) is 0.875. The highest BCUT2D eigenvalue weighted by atomic mass is 16.6. The highest BCUT2D eigenvalue weighted by Crippen LogP contribution is 2.35. The number of aliphatic hydroxyl groups excluding tert-OH is 1. The summed E-state index contributed by atoms with van der Waals surface area (Å²) in [6, 6.07) is 0. The van der Waals surface area contributed by atoms with Gasteiger partial charge < -0.3 is 19.7 Å². The number of rotatable bonds is 1. The molecule has 5 nitrogen and oxygen atoms in total. The number of ether oxygens (including phenoxy) is 2. The molecule has 0 aromatic heterocycles. The number of methoxy groups -OCH3 is 1. The van der Waals surface area contributed by atoms with Crippen LogP contribution in [0.1, 0.15) is 13.8 Å². The highest BCUT2D eigenvalue weighted by Gasteiger charge is 2.57. The summed E-state index contributed by atoms with van der Waals surface area (Å²) in [4.78, 5) is 11.2. The van der Waals surface area contributed by atoms with Gasteiger partial charge in [0.15, 0.2) is 11.9 Å². The van der Waals surface area contributed by atoms with Gasteiger partial charge in [-0.3, -0.25) is 0 Å². The molecule has 2 N–H and O–H groups in total. The van der Waals surface area contributed by atoms with Crippen molar-refractivity contribution in [2.24, 2.45) is 5.92 Å². The van der Waals surface area contributed by atoms with Gasteiger partial charge in [-0.15, -0.1) is 0 Å². The summed E-state index contributed by atoms with van der Waals surface area (Å²) >= 11 is 0. The molecule has 1 heterocycles. The zero-order chi connectivity index (χ0) is 10.2. The maximum Gasteiger partial charge on any atom is 0.341 e. The van der Waals surface area contributed by atoms with Crippen LogP contribution in [0.25, 0.3) is 0 Å². The standard InChI is InChI=1S/C8H14O5/c1-4-6(9)13-5(2)8(4,11)7(10)12-3/h4-6,9,11H,1-3H3/t4-,5-,6?,8+/m1/s1. The molecule has 1 unspecified atom stereocenters. The van der Waals surface area contributed by atoms with Gasteiger partial charge in [0, 0.05) is 5.92 Å². The summed E-state index contributed by atoms with van der Waals surface area (Å²) in [5.74, 6) is -1.46. The van der Waals surface area contributed by atoms with E-state index in [4.69, 9.17) is 4.74 Å². The predicted octanol–water partition coefficient (Wildman–Crippen LogP) is -0.736. The summed E-state index contributed by atoms with van der Waals surface area (Å²) in [5, 5.41) is 19.2. The van der Waals surface area contributed by atoms with E-state index < -0.39 is 29.9 Å². The Morgan fingerprint density at radius 1 is 1.54 bits per heavy atom. The van der Waals surface area contributed by atoms with E-state index in [-0.39, 0.29) is 0 Å². The molecule has 0 aromatic carbocycles. The topological polar surface area (TPSA) is 76.0 Å². The Hall–Kier alpha value is -0.650. The van der Waals surface area contributed by atoms with E-state index in [1.54, 1.807) is 0 Å². The molecule has 1 aliphatic rings. The average Bonchev–Trinajstić information content (AvgIpc) is 2.30. The van der Waals surface area contributed by atoms with E-state index in [2.05, 4.69) is 4.74 Å². The van der Waals surface area contributed by atoms with Crippen LogP contribution >= 0.6 is 0 Å². The van der Waals surface area contributed by atoms with Gasteiger partial charge >= 0.3 is 5.97 Å². The first-order valence-corrected chi connectivity index (χ1v) is 4.09. The molecule has 0 amide bonds. The van der Waals surface area contributed by atoms with Gasteiger partial charge in [-0.25, -0.2) is 4.79 Å². The number of hydrogen-bond donors (Lipinski definition) is 2. The van der Waals surface area contributed by atoms with E-state index in [1.165, 1.54) is 21.0 Å². The molecule has 0 bridgehead atoms. The Morgan fingerprint density at radius 3 is 2.38 bits per heavy atom. The van der Waals surface area contributed by atoms with Crippen molar-refractivity contribution in [1.82, 2.24) is 0 Å². The Bertz CT molecular complexity index is 217. The third-order valence-corrected chi connectivity index (χ3v) is 2.60. The maximum atomic E-state index is 11.2. The van der Waals surface area contributed by atoms with Crippen LogP contribution in [0.5, 0.6) is 0 Å². The second kappa shape index (κ2) is 3.25. The average molecular weight is 190 g/mol. The zero-order valence-electron chi connectivity index (χ0n) is 7.85. The molecule has 0 aliphatic carbocycles. The molecule has 0 spiro atoms. The second-order valence-corrected chi connectivity index (χ2v) is 3.27. The largest absolute Gasteiger partial charge is 0.467 e. The van der Waals surface area contributed by atoms with Gasteiger partial charge in [-0.1, -0.05) is 6.92 Å². The van der Waals surface area contributed by atoms with E-state index >= 15 is 0 Å². The first-order valence-electron chi connectivity index (χ1n) is 4.09. The molecule has 1 saturated heterocycles. The first kappa shape index (κ1) is 10.4. The van der Waals surface area contributed by atoms with Gasteiger partial charge in [0.2, 0.25) is 0 Å². The Kier molecular flexibility index (Phi) is 2.61. The van der Waals surface area contributed by atoms with E-state index in [0.717, 1.165) is 0 Å². The minimum Gasteiger partial charge on any atom is -0.467 e. The molecule has 0 aromatic rings. The van der Waals surface area contributed by atoms with Crippen LogP contribution < -0.4 is 0 Å². The van der Waals surface area contributed by atoms with E-state index in [1.807, 2.05) is 0 Å². The van der Waals surface area contributed by atoms with Gasteiger partial charge in [0.25, 0.3) is 0 Å². The maximum absolute atomic E-state index is 11.2. The second-order valence-electron chi connectivity index (χ2n) is 3.27. The monoisotopic (exact) mass is 190 g/mol. The number of esters is 1. The van der Waals surface area contributed by atoms with Gasteiger partial charge in [0.05, 0.1) is 13.2 Å². The Labute approximate surface area is 76.3 Å². The van der Waals surface area contributed by atoms with Crippen molar-refractivity contribution in [2.75, 3.05) is 7.11 Å². The molecule has 1 fully saturated rings. The summed E-state index contributed by atoms with van der Waals surface area (Å²) in [6.07, 6.45) is -1.89. The van der Waals surface area contributed by atoms with Crippen molar-refractivity contribution < 1.29 is 24.5 Å². The lowest BCUT2D eigenvalue weighted by atomic mass is 9.87. The van der Waals surface area contributed by atoms with Crippen LogP contribution in [0.4, 0.5) is 0 Å². The fourth-order valence-corrected chi connectivity index (χ4v) is 1.53. The van der Waals surface area contributed by atoms with Crippen molar-refractivity contribution in [2.45, 2.75) is 31.8 Å². The van der Waals surface area contributed by atoms with Crippen LogP contribution in [-0.2, 0) is 14.3 Å². The Morgan fingerprint density at radius 2 is 2.08 bits per heavy atom. The minimum absolute atomic E-state index is 0.685. The van der Waals surface area contributed by atoms with Crippen LogP contribution in [-0.4, -0.2) is 41.3 Å². The summed E-state index contributed by atoms with van der Waals surface area (Å²) in [6.45, 7) is 3.05. The van der Waals surface area contributed by atoms with Crippen molar-refractivity contribution in [3.05, 3.63) is 0 Å². The van der Waals surface area contributed by atoms with E-state index in [9.17, 15) is 15.0 Å². The number of aliphatic hydroxyl groups is 2. The third kappa shape index (κ3) is 1.33. The number of hydrogen-bond acceptors (Lipinski definition) is 5. The van der Waals surface area contributed by atoms with Gasteiger partial charge in [-0.2, -0.15) is 0 Å². The molecule has 1 rings (SSSR count). The smallest absolute Gasteiger partial charge is 0.341 e. The van der Waals surface area contributed by atoms with Crippen LogP contribution in [0.15, 0.2) is 0 Å². The predicted molar refractivity (Wildman–Crippen MR) is 42.7 cm³/mol. The zero-order valence-corrected chi connectivity index (χ0v) is 7.85. The SMILES string of the molecule is COC(=O)[C@]1(O)[C@H](C)C(O)O[C@@H]1C. The highest BCUT2D eigenvalue weighted by molar-refractivity contribution is 5.80. The van der Waals surface area contributed by atoms with Crippen molar-refractivity contribution in [3.8, 4) is 0 Å². The quantitative estimate of drug-likeness (QED) is 0.533. The normalized spacial score (nSPS) is 44.8. The lowest BCUT2D eigenvalue weighted by molar-refractivity contribution is -0.170. The Balaban J connectivity index is 2.93. The molecular weight excluding hydrogens is 176 g/mol. The molecule has 0 radical (unpaired) electrons. The van der Waals surface area contributed by atoms with Gasteiger partial charge in [0.1, 0.15) is 0 Å². The van der Waals surface area contributed by atoms with Crippen molar-refractivity contribution in [3.63, 3.8) is 0 Å². The molecule has 1 aliphatic heterocycles. The molecule has 0 saturated carbocycles. The fourth-order valence-electron chi connectivity index (χ4n) is 1.53. The molecule has 76 valence electrons. The lowest BCUT2D eigenvalue weighted by Gasteiger charge is -2.26. The van der Waals surface area contributed by atoms with Crippen LogP contribution in [0, 0.1) is 5.92 Å². The number of carbonyl (C=O) groups excluding carboxylic acids is 1. The molecule has 4 atom stereocenters. The number of carbonyl (C=O) groups is 1. The van der Waals surface area contributed by atoms with Crippen molar-refractivity contribution >= 4 is 5.97 Å². The van der Waals surface area contributed by atoms with Crippen LogP contribution in [0.3, 0.4) is 0 Å². The van der Waals surface area contributed by atoms with E-state index in [0.29, 0.717) is 0 Å². The first-order chi connectivity index (χ1) is 5.94. The molecule has 5 heteroatoms. The summed E-state index contributed by atoms with van der Waals surface area (Å²) < 4.78 is 9.36. The van der Waals surface area contributed by atoms with Crippen LogP contribution in [0.2, 0.25) is 0 Å². The van der Waals surface area contributed by atoms with Gasteiger partial charge in [-0.05, 0) is 6.92 Å². The molecular formula is C8H14O5.